The lowest BCUT2D eigenvalue weighted by atomic mass is 10.0. The summed E-state index contributed by atoms with van der Waals surface area (Å²) in [6.45, 7) is -0.192. The molecule has 1 aromatic heterocycles. The van der Waals surface area contributed by atoms with Crippen LogP contribution in [0.4, 0.5) is 4.39 Å². The first-order valence-corrected chi connectivity index (χ1v) is 7.52. The Morgan fingerprint density at radius 1 is 1.29 bits per heavy atom. The second kappa shape index (κ2) is 6.18. The molecule has 0 spiro atoms. The number of nitrogens with one attached hydrogen (secondary N) is 1. The molecule has 4 N–H and O–H groups in total. The summed E-state index contributed by atoms with van der Waals surface area (Å²) < 4.78 is 13.1. The molecule has 0 saturated heterocycles. The van der Waals surface area contributed by atoms with Crippen molar-refractivity contribution in [3.63, 3.8) is 0 Å². The molecule has 1 aromatic carbocycles. The van der Waals surface area contributed by atoms with Crippen LogP contribution in [0.25, 0.3) is 0 Å². The summed E-state index contributed by atoms with van der Waals surface area (Å²) in [5.74, 6) is -2.17. The van der Waals surface area contributed by atoms with Gasteiger partial charge in [-0.1, -0.05) is 12.1 Å². The molecule has 0 radical (unpaired) electrons. The third-order valence-corrected chi connectivity index (χ3v) is 4.37. The Hall–Kier alpha value is -2.51. The number of hydrogen-bond donors (Lipinski definition) is 4. The van der Waals surface area contributed by atoms with Gasteiger partial charge in [-0.15, -0.1) is 0 Å². The minimum Gasteiger partial charge on any atom is -0.505 e. The number of aromatic carboxylic acids is 1. The molecule has 6 nitrogen and oxygen atoms in total. The van der Waals surface area contributed by atoms with E-state index in [2.05, 4.69) is 10.3 Å². The molecule has 1 aliphatic rings. The monoisotopic (exact) mass is 332 g/mol. The lowest BCUT2D eigenvalue weighted by Crippen LogP contribution is -2.29. The molecular formula is C17H17FN2O4. The standard InChI is InChI=1S/C17H17FN2O4/c18-12-3-1-11(2-4-12)17(5-6-17)20-8-10-7-19-14(16(23)24)15(22)13(10)9-21/h1-4,7,20-22H,5-6,8-9H2,(H,23,24). The number of aromatic hydroxyl groups is 1. The van der Waals surface area contributed by atoms with Crippen LogP contribution in [0.1, 0.15) is 40.0 Å². The van der Waals surface area contributed by atoms with Crippen LogP contribution in [0.2, 0.25) is 0 Å². The number of benzene rings is 1. The quantitative estimate of drug-likeness (QED) is 0.644. The molecule has 2 aromatic rings. The molecule has 0 amide bonds. The van der Waals surface area contributed by atoms with Crippen LogP contribution in [-0.2, 0) is 18.7 Å². The zero-order valence-electron chi connectivity index (χ0n) is 12.8. The van der Waals surface area contributed by atoms with E-state index in [9.17, 15) is 19.4 Å². The molecular weight excluding hydrogens is 315 g/mol. The van der Waals surface area contributed by atoms with Crippen LogP contribution >= 0.6 is 0 Å². The number of hydrogen-bond acceptors (Lipinski definition) is 5. The van der Waals surface area contributed by atoms with Crippen molar-refractivity contribution in [2.45, 2.75) is 31.5 Å². The number of nitrogens with zero attached hydrogens (tertiary/aromatic N) is 1. The van der Waals surface area contributed by atoms with Crippen LogP contribution in [-0.4, -0.2) is 26.3 Å². The molecule has 0 aliphatic heterocycles. The van der Waals surface area contributed by atoms with Crippen molar-refractivity contribution in [1.82, 2.24) is 10.3 Å². The first kappa shape index (κ1) is 16.4. The average molecular weight is 332 g/mol. The maximum absolute atomic E-state index is 13.1. The van der Waals surface area contributed by atoms with Crippen molar-refractivity contribution in [3.05, 3.63) is 58.7 Å². The predicted molar refractivity (Wildman–Crippen MR) is 82.9 cm³/mol. The molecule has 7 heteroatoms. The van der Waals surface area contributed by atoms with E-state index in [0.29, 0.717) is 12.1 Å². The Morgan fingerprint density at radius 2 is 1.96 bits per heavy atom. The van der Waals surface area contributed by atoms with Crippen LogP contribution in [0.5, 0.6) is 5.75 Å². The highest BCUT2D eigenvalue weighted by atomic mass is 19.1. The highest BCUT2D eigenvalue weighted by Crippen LogP contribution is 2.45. The van der Waals surface area contributed by atoms with Gasteiger partial charge in [0.15, 0.2) is 11.4 Å². The highest BCUT2D eigenvalue weighted by molar-refractivity contribution is 5.89. The fraction of sp³-hybridized carbons (Fsp3) is 0.294. The van der Waals surface area contributed by atoms with Crippen molar-refractivity contribution in [2.75, 3.05) is 0 Å². The minimum absolute atomic E-state index is 0.143. The summed E-state index contributed by atoms with van der Waals surface area (Å²) in [6, 6.07) is 6.27. The first-order chi connectivity index (χ1) is 11.5. The molecule has 1 fully saturated rings. The maximum Gasteiger partial charge on any atom is 0.358 e. The van der Waals surface area contributed by atoms with Crippen molar-refractivity contribution in [2.24, 2.45) is 0 Å². The number of halogens is 1. The van der Waals surface area contributed by atoms with Crippen molar-refractivity contribution >= 4 is 5.97 Å². The Bertz CT molecular complexity index is 773. The van der Waals surface area contributed by atoms with Gasteiger partial charge < -0.3 is 20.6 Å². The van der Waals surface area contributed by atoms with Crippen molar-refractivity contribution < 1.29 is 24.5 Å². The Kier molecular flexibility index (Phi) is 4.21. The van der Waals surface area contributed by atoms with Crippen LogP contribution in [0, 0.1) is 5.82 Å². The van der Waals surface area contributed by atoms with Crippen molar-refractivity contribution in [1.29, 1.82) is 0 Å². The van der Waals surface area contributed by atoms with E-state index in [1.807, 2.05) is 0 Å². The van der Waals surface area contributed by atoms with E-state index in [4.69, 9.17) is 5.11 Å². The normalized spacial score (nSPS) is 15.2. The van der Waals surface area contributed by atoms with Gasteiger partial charge in [0.2, 0.25) is 0 Å². The zero-order valence-corrected chi connectivity index (χ0v) is 12.8. The van der Waals surface area contributed by atoms with Gasteiger partial charge in [-0.3, -0.25) is 0 Å². The summed E-state index contributed by atoms with van der Waals surface area (Å²) in [7, 11) is 0. The molecule has 0 unspecified atom stereocenters. The molecule has 3 rings (SSSR count). The summed E-state index contributed by atoms with van der Waals surface area (Å²) in [4.78, 5) is 14.7. The number of aromatic nitrogens is 1. The fourth-order valence-electron chi connectivity index (χ4n) is 2.79. The summed E-state index contributed by atoms with van der Waals surface area (Å²) in [5, 5.41) is 31.7. The first-order valence-electron chi connectivity index (χ1n) is 7.52. The van der Waals surface area contributed by atoms with Gasteiger partial charge in [-0.05, 0) is 36.1 Å². The molecule has 0 bridgehead atoms. The van der Waals surface area contributed by atoms with Crippen LogP contribution in [0.3, 0.4) is 0 Å². The van der Waals surface area contributed by atoms with Crippen molar-refractivity contribution in [3.8, 4) is 5.75 Å². The number of carboxylic acids is 1. The van der Waals surface area contributed by atoms with Gasteiger partial charge in [-0.2, -0.15) is 0 Å². The average Bonchev–Trinajstić information content (AvgIpc) is 3.34. The van der Waals surface area contributed by atoms with E-state index in [1.165, 1.54) is 18.3 Å². The molecule has 126 valence electrons. The van der Waals surface area contributed by atoms with Gasteiger partial charge >= 0.3 is 5.97 Å². The van der Waals surface area contributed by atoms with E-state index >= 15 is 0 Å². The number of rotatable bonds is 6. The van der Waals surface area contributed by atoms with Crippen LogP contribution < -0.4 is 5.32 Å². The Balaban J connectivity index is 1.81. The second-order valence-corrected chi connectivity index (χ2v) is 5.87. The molecule has 24 heavy (non-hydrogen) atoms. The summed E-state index contributed by atoms with van der Waals surface area (Å²) in [6.07, 6.45) is 3.11. The second-order valence-electron chi connectivity index (χ2n) is 5.87. The number of pyridine rings is 1. The largest absolute Gasteiger partial charge is 0.505 e. The molecule has 1 heterocycles. The molecule has 1 aliphatic carbocycles. The lowest BCUT2D eigenvalue weighted by molar-refractivity contribution is 0.0686. The van der Waals surface area contributed by atoms with E-state index in [1.54, 1.807) is 12.1 Å². The topological polar surface area (TPSA) is 103 Å². The summed E-state index contributed by atoms with van der Waals surface area (Å²) in [5.41, 5.74) is 0.885. The minimum atomic E-state index is -1.35. The van der Waals surface area contributed by atoms with Crippen LogP contribution in [0.15, 0.2) is 30.5 Å². The Labute approximate surface area is 137 Å². The maximum atomic E-state index is 13.1. The Morgan fingerprint density at radius 3 is 2.50 bits per heavy atom. The number of carbonyl (C=O) groups is 1. The SMILES string of the molecule is O=C(O)c1ncc(CNC2(c3ccc(F)cc3)CC2)c(CO)c1O. The third-order valence-electron chi connectivity index (χ3n) is 4.37. The predicted octanol–water partition coefficient (Wildman–Crippen LogP) is 1.90. The third kappa shape index (κ3) is 2.95. The summed E-state index contributed by atoms with van der Waals surface area (Å²) >= 11 is 0. The fourth-order valence-corrected chi connectivity index (χ4v) is 2.79. The van der Waals surface area contributed by atoms with Gasteiger partial charge in [0, 0.05) is 23.8 Å². The molecule has 1 saturated carbocycles. The van der Waals surface area contributed by atoms with E-state index < -0.39 is 24.0 Å². The van der Waals surface area contributed by atoms with Gasteiger partial charge in [0.1, 0.15) is 5.82 Å². The van der Waals surface area contributed by atoms with Gasteiger partial charge in [-0.25, -0.2) is 14.2 Å². The number of carboxylic acid groups (broad SMARTS) is 1. The molecule has 0 atom stereocenters. The lowest BCUT2D eigenvalue weighted by Gasteiger charge is -2.19. The van der Waals surface area contributed by atoms with E-state index in [-0.39, 0.29) is 16.9 Å². The highest BCUT2D eigenvalue weighted by Gasteiger charge is 2.43. The van der Waals surface area contributed by atoms with E-state index in [0.717, 1.165) is 18.4 Å². The number of aliphatic hydroxyl groups excluding tert-OH is 1. The number of aliphatic hydroxyl groups is 1. The van der Waals surface area contributed by atoms with Gasteiger partial charge in [0.25, 0.3) is 0 Å². The van der Waals surface area contributed by atoms with Gasteiger partial charge in [0.05, 0.1) is 6.61 Å². The zero-order chi connectivity index (χ0) is 17.3. The smallest absolute Gasteiger partial charge is 0.358 e.